The summed E-state index contributed by atoms with van der Waals surface area (Å²) in [5.74, 6) is -0.0341. The second kappa shape index (κ2) is 7.67. The first-order valence-corrected chi connectivity index (χ1v) is 8.54. The number of nitrogens with zero attached hydrogens (tertiary/aromatic N) is 3. The van der Waals surface area contributed by atoms with Crippen LogP contribution in [0.1, 0.15) is 61.6 Å². The fourth-order valence-corrected chi connectivity index (χ4v) is 2.52. The lowest BCUT2D eigenvalue weighted by molar-refractivity contribution is 0.00528. The van der Waals surface area contributed by atoms with Gasteiger partial charge >= 0.3 is 6.09 Å². The van der Waals surface area contributed by atoms with Crippen LogP contribution in [0.5, 0.6) is 0 Å². The van der Waals surface area contributed by atoms with Crippen molar-refractivity contribution in [2.45, 2.75) is 58.7 Å². The first-order valence-electron chi connectivity index (χ1n) is 8.54. The van der Waals surface area contributed by atoms with Gasteiger partial charge in [0.1, 0.15) is 11.3 Å². The third kappa shape index (κ3) is 4.80. The zero-order valence-electron chi connectivity index (χ0n) is 15.2. The lowest BCUT2D eigenvalue weighted by Crippen LogP contribution is -2.61. The van der Waals surface area contributed by atoms with E-state index in [1.54, 1.807) is 9.47 Å². The van der Waals surface area contributed by atoms with Crippen molar-refractivity contribution >= 4 is 18.3 Å². The number of rotatable bonds is 6. The van der Waals surface area contributed by atoms with Crippen molar-refractivity contribution in [1.82, 2.24) is 19.8 Å². The van der Waals surface area contributed by atoms with Gasteiger partial charge in [-0.15, -0.1) is 0 Å². The van der Waals surface area contributed by atoms with E-state index < -0.39 is 5.60 Å². The topological polar surface area (TPSA) is 93.5 Å². The maximum atomic E-state index is 12.4. The van der Waals surface area contributed by atoms with Gasteiger partial charge in [-0.3, -0.25) is 9.59 Å². The Morgan fingerprint density at radius 3 is 2.64 bits per heavy atom. The predicted octanol–water partition coefficient (Wildman–Crippen LogP) is 1.84. The zero-order valence-corrected chi connectivity index (χ0v) is 15.2. The minimum atomic E-state index is -0.539. The number of hydrogen-bond acceptors (Lipinski definition) is 5. The summed E-state index contributed by atoms with van der Waals surface area (Å²) in [6, 6.07) is -0.130. The van der Waals surface area contributed by atoms with E-state index in [-0.39, 0.29) is 23.9 Å². The summed E-state index contributed by atoms with van der Waals surface area (Å²) in [6.07, 6.45) is 3.49. The third-order valence-corrected chi connectivity index (χ3v) is 3.83. The maximum Gasteiger partial charge on any atom is 0.410 e. The van der Waals surface area contributed by atoms with Crippen molar-refractivity contribution in [1.29, 1.82) is 0 Å². The van der Waals surface area contributed by atoms with Gasteiger partial charge in [0.15, 0.2) is 12.1 Å². The van der Waals surface area contributed by atoms with Crippen LogP contribution in [0.2, 0.25) is 0 Å². The van der Waals surface area contributed by atoms with E-state index >= 15 is 0 Å². The number of aldehydes is 1. The molecule has 1 fully saturated rings. The Bertz CT molecular complexity index is 642. The van der Waals surface area contributed by atoms with Crippen LogP contribution in [0, 0.1) is 0 Å². The van der Waals surface area contributed by atoms with Crippen molar-refractivity contribution in [2.75, 3.05) is 13.1 Å². The molecule has 1 aromatic heterocycles. The SMILES string of the molecule is CCCCn1c(C(=O)NC2CN(C(=O)OC(C)(C)C)C2)cnc1C=O. The molecular formula is C17H26N4O4. The zero-order chi connectivity index (χ0) is 18.6. The normalized spacial score (nSPS) is 14.8. The number of amides is 2. The summed E-state index contributed by atoms with van der Waals surface area (Å²) in [5.41, 5.74) is -0.172. The molecule has 0 atom stereocenters. The maximum absolute atomic E-state index is 12.4. The van der Waals surface area contributed by atoms with Crippen LogP contribution in [-0.2, 0) is 11.3 Å². The first kappa shape index (κ1) is 19.0. The van der Waals surface area contributed by atoms with Crippen LogP contribution in [0.4, 0.5) is 4.79 Å². The van der Waals surface area contributed by atoms with Crippen molar-refractivity contribution in [3.05, 3.63) is 17.7 Å². The molecule has 1 N–H and O–H groups in total. The number of carbonyl (C=O) groups excluding carboxylic acids is 3. The van der Waals surface area contributed by atoms with Gasteiger partial charge in [0.2, 0.25) is 0 Å². The molecule has 25 heavy (non-hydrogen) atoms. The largest absolute Gasteiger partial charge is 0.444 e. The summed E-state index contributed by atoms with van der Waals surface area (Å²) in [4.78, 5) is 40.9. The monoisotopic (exact) mass is 350 g/mol. The Labute approximate surface area is 147 Å². The van der Waals surface area contributed by atoms with Crippen LogP contribution in [0.15, 0.2) is 6.20 Å². The lowest BCUT2D eigenvalue weighted by Gasteiger charge is -2.39. The molecule has 1 aliphatic heterocycles. The number of carbonyl (C=O) groups is 3. The molecule has 0 radical (unpaired) electrons. The smallest absolute Gasteiger partial charge is 0.410 e. The van der Waals surface area contributed by atoms with E-state index in [1.165, 1.54) is 6.20 Å². The standard InChI is InChI=1S/C17H26N4O4/c1-5-6-7-21-13(8-18-14(21)11-22)15(23)19-12-9-20(10-12)16(24)25-17(2,3)4/h8,11-12H,5-7,9-10H2,1-4H3,(H,19,23). The highest BCUT2D eigenvalue weighted by Gasteiger charge is 2.35. The quantitative estimate of drug-likeness (QED) is 0.790. The molecule has 1 saturated heterocycles. The highest BCUT2D eigenvalue weighted by molar-refractivity contribution is 5.93. The van der Waals surface area contributed by atoms with E-state index in [9.17, 15) is 14.4 Å². The molecule has 1 aromatic rings. The van der Waals surface area contributed by atoms with Gasteiger partial charge in [-0.1, -0.05) is 13.3 Å². The highest BCUT2D eigenvalue weighted by atomic mass is 16.6. The average molecular weight is 350 g/mol. The van der Waals surface area contributed by atoms with Crippen LogP contribution < -0.4 is 5.32 Å². The number of hydrogen-bond donors (Lipinski definition) is 1. The molecule has 2 rings (SSSR count). The highest BCUT2D eigenvalue weighted by Crippen LogP contribution is 2.16. The minimum absolute atomic E-state index is 0.130. The van der Waals surface area contributed by atoms with Crippen LogP contribution in [0.3, 0.4) is 0 Å². The third-order valence-electron chi connectivity index (χ3n) is 3.83. The summed E-state index contributed by atoms with van der Waals surface area (Å²) < 4.78 is 6.92. The van der Waals surface area contributed by atoms with Crippen molar-refractivity contribution in [3.8, 4) is 0 Å². The fraction of sp³-hybridized carbons (Fsp3) is 0.647. The molecule has 8 heteroatoms. The molecule has 138 valence electrons. The summed E-state index contributed by atoms with van der Waals surface area (Å²) >= 11 is 0. The number of nitrogens with one attached hydrogen (secondary N) is 1. The predicted molar refractivity (Wildman–Crippen MR) is 91.6 cm³/mol. The number of aromatic nitrogens is 2. The molecule has 1 aliphatic rings. The van der Waals surface area contributed by atoms with Gasteiger partial charge < -0.3 is 19.5 Å². The van der Waals surface area contributed by atoms with Gasteiger partial charge in [0.05, 0.1) is 12.2 Å². The van der Waals surface area contributed by atoms with E-state index in [0.29, 0.717) is 31.6 Å². The molecular weight excluding hydrogens is 324 g/mol. The van der Waals surface area contributed by atoms with Gasteiger partial charge in [-0.2, -0.15) is 0 Å². The number of imidazole rings is 1. The van der Waals surface area contributed by atoms with E-state index in [0.717, 1.165) is 12.8 Å². The average Bonchev–Trinajstić information content (AvgIpc) is 2.89. The minimum Gasteiger partial charge on any atom is -0.444 e. The molecule has 2 heterocycles. The van der Waals surface area contributed by atoms with Crippen LogP contribution in [-0.4, -0.2) is 57.5 Å². The van der Waals surface area contributed by atoms with Gasteiger partial charge in [-0.05, 0) is 27.2 Å². The first-order chi connectivity index (χ1) is 11.7. The second-order valence-electron chi connectivity index (χ2n) is 7.18. The van der Waals surface area contributed by atoms with Crippen molar-refractivity contribution in [3.63, 3.8) is 0 Å². The Kier molecular flexibility index (Phi) is 5.81. The second-order valence-corrected chi connectivity index (χ2v) is 7.18. The number of ether oxygens (including phenoxy) is 1. The van der Waals surface area contributed by atoms with Crippen LogP contribution in [0.25, 0.3) is 0 Å². The van der Waals surface area contributed by atoms with E-state index in [1.807, 2.05) is 27.7 Å². The van der Waals surface area contributed by atoms with E-state index in [4.69, 9.17) is 4.74 Å². The van der Waals surface area contributed by atoms with E-state index in [2.05, 4.69) is 10.3 Å². The molecule has 2 amide bonds. The number of unbranched alkanes of at least 4 members (excludes halogenated alkanes) is 1. The Morgan fingerprint density at radius 1 is 1.40 bits per heavy atom. The Hall–Kier alpha value is -2.38. The van der Waals surface area contributed by atoms with Crippen molar-refractivity contribution < 1.29 is 19.1 Å². The van der Waals surface area contributed by atoms with Gasteiger partial charge in [-0.25, -0.2) is 9.78 Å². The fourth-order valence-electron chi connectivity index (χ4n) is 2.52. The molecule has 0 unspecified atom stereocenters. The Morgan fingerprint density at radius 2 is 2.08 bits per heavy atom. The van der Waals surface area contributed by atoms with Gasteiger partial charge in [0.25, 0.3) is 5.91 Å². The lowest BCUT2D eigenvalue weighted by atomic mass is 10.1. The summed E-state index contributed by atoms with van der Waals surface area (Å²) in [7, 11) is 0. The molecule has 8 nitrogen and oxygen atoms in total. The van der Waals surface area contributed by atoms with Crippen LogP contribution >= 0.6 is 0 Å². The molecule has 0 saturated carbocycles. The van der Waals surface area contributed by atoms with Crippen molar-refractivity contribution in [2.24, 2.45) is 0 Å². The molecule has 0 bridgehead atoms. The molecule has 0 spiro atoms. The molecule has 0 aromatic carbocycles. The Balaban J connectivity index is 1.91. The summed E-state index contributed by atoms with van der Waals surface area (Å²) in [6.45, 7) is 8.86. The van der Waals surface area contributed by atoms with Gasteiger partial charge in [0, 0.05) is 19.6 Å². The molecule has 0 aliphatic carbocycles. The number of likely N-dealkylation sites (tertiary alicyclic amines) is 1. The summed E-state index contributed by atoms with van der Waals surface area (Å²) in [5, 5.41) is 2.87.